The fourth-order valence-electron chi connectivity index (χ4n) is 1.00. The minimum Gasteiger partial charge on any atom is -0.385 e. The predicted octanol–water partition coefficient (Wildman–Crippen LogP) is 2.77. The highest BCUT2D eigenvalue weighted by atomic mass is 79.9. The number of rotatable bonds is 2. The van der Waals surface area contributed by atoms with Crippen molar-refractivity contribution in [1.29, 1.82) is 5.41 Å². The van der Waals surface area contributed by atoms with Crippen LogP contribution in [0.25, 0.3) is 0 Å². The normalized spacial score (nSPS) is 9.85. The smallest absolute Gasteiger partial charge is 0.148 e. The molecule has 0 amide bonds. The molecule has 1 rings (SSSR count). The average molecular weight is 249 g/mol. The molecule has 0 aliphatic rings. The Morgan fingerprint density at radius 3 is 2.62 bits per heavy atom. The van der Waals surface area contributed by atoms with Gasteiger partial charge in [-0.05, 0) is 22.0 Å². The van der Waals surface area contributed by atoms with E-state index in [9.17, 15) is 8.78 Å². The molecular weight excluding hydrogens is 242 g/mol. The van der Waals surface area contributed by atoms with E-state index in [0.717, 1.165) is 12.3 Å². The maximum atomic E-state index is 13.2. The molecule has 0 aliphatic heterocycles. The van der Waals surface area contributed by atoms with Crippen LogP contribution in [-0.2, 0) is 0 Å². The van der Waals surface area contributed by atoms with Crippen molar-refractivity contribution < 1.29 is 8.78 Å². The van der Waals surface area contributed by atoms with Crippen LogP contribution >= 0.6 is 15.9 Å². The van der Waals surface area contributed by atoms with Gasteiger partial charge < -0.3 is 10.7 Å². The molecule has 5 heteroatoms. The van der Waals surface area contributed by atoms with Gasteiger partial charge in [-0.25, -0.2) is 8.78 Å². The van der Waals surface area contributed by atoms with Gasteiger partial charge in [-0.1, -0.05) is 0 Å². The molecule has 0 saturated carbocycles. The van der Waals surface area contributed by atoms with Crippen molar-refractivity contribution in [3.05, 3.63) is 27.7 Å². The van der Waals surface area contributed by atoms with Gasteiger partial charge in [0.05, 0.1) is 15.7 Å². The van der Waals surface area contributed by atoms with E-state index in [2.05, 4.69) is 21.2 Å². The molecule has 13 heavy (non-hydrogen) atoms. The van der Waals surface area contributed by atoms with Crippen molar-refractivity contribution in [3.63, 3.8) is 0 Å². The molecule has 0 aromatic heterocycles. The molecule has 0 unspecified atom stereocenters. The van der Waals surface area contributed by atoms with Crippen molar-refractivity contribution >= 4 is 27.8 Å². The van der Waals surface area contributed by atoms with Gasteiger partial charge in [-0.2, -0.15) is 0 Å². The Bertz CT molecular complexity index is 352. The number of benzene rings is 1. The second kappa shape index (κ2) is 3.83. The van der Waals surface area contributed by atoms with Crippen molar-refractivity contribution in [2.45, 2.75) is 0 Å². The SMILES string of the molecule is CNc1c(F)cc(Br)c(F)c1C=N. The van der Waals surface area contributed by atoms with Crippen molar-refractivity contribution in [3.8, 4) is 0 Å². The highest BCUT2D eigenvalue weighted by Crippen LogP contribution is 2.27. The molecule has 0 aliphatic carbocycles. The lowest BCUT2D eigenvalue weighted by Gasteiger charge is -2.08. The first-order chi connectivity index (χ1) is 6.11. The molecule has 0 atom stereocenters. The molecule has 0 fully saturated rings. The van der Waals surface area contributed by atoms with Crippen molar-refractivity contribution in [2.75, 3.05) is 12.4 Å². The molecule has 0 bridgehead atoms. The first-order valence-corrected chi connectivity index (χ1v) is 4.26. The summed E-state index contributed by atoms with van der Waals surface area (Å²) in [5, 5.41) is 9.43. The van der Waals surface area contributed by atoms with E-state index in [0.29, 0.717) is 0 Å². The summed E-state index contributed by atoms with van der Waals surface area (Å²) in [6.45, 7) is 0. The summed E-state index contributed by atoms with van der Waals surface area (Å²) in [5.41, 5.74) is -0.0925. The number of hydrogen-bond acceptors (Lipinski definition) is 2. The zero-order valence-electron chi connectivity index (χ0n) is 6.79. The molecule has 0 spiro atoms. The van der Waals surface area contributed by atoms with Crippen LogP contribution in [-0.4, -0.2) is 13.3 Å². The summed E-state index contributed by atoms with van der Waals surface area (Å²) < 4.78 is 26.4. The summed E-state index contributed by atoms with van der Waals surface area (Å²) in [6.07, 6.45) is 0.773. The standard InChI is InChI=1S/C8H7BrF2N2/c1-13-8-4(3-12)7(11)5(9)2-6(8)10/h2-3,12-13H,1H3. The second-order valence-corrected chi connectivity index (χ2v) is 3.19. The second-order valence-electron chi connectivity index (χ2n) is 2.34. The average Bonchev–Trinajstić information content (AvgIpc) is 2.10. The van der Waals surface area contributed by atoms with Crippen molar-refractivity contribution in [2.24, 2.45) is 0 Å². The van der Waals surface area contributed by atoms with E-state index in [-0.39, 0.29) is 15.7 Å². The van der Waals surface area contributed by atoms with Crippen LogP contribution in [0.3, 0.4) is 0 Å². The molecule has 1 aromatic rings. The van der Waals surface area contributed by atoms with Gasteiger partial charge in [-0.3, -0.25) is 0 Å². The quantitative estimate of drug-likeness (QED) is 0.613. The Balaban J connectivity index is 3.50. The molecule has 0 heterocycles. The highest BCUT2D eigenvalue weighted by molar-refractivity contribution is 9.10. The van der Waals surface area contributed by atoms with Gasteiger partial charge in [0.15, 0.2) is 0 Å². The van der Waals surface area contributed by atoms with E-state index in [1.807, 2.05) is 0 Å². The lowest BCUT2D eigenvalue weighted by Crippen LogP contribution is -2.02. The van der Waals surface area contributed by atoms with Gasteiger partial charge in [-0.15, -0.1) is 0 Å². The third kappa shape index (κ3) is 1.70. The highest BCUT2D eigenvalue weighted by Gasteiger charge is 2.14. The third-order valence-corrected chi connectivity index (χ3v) is 2.18. The maximum Gasteiger partial charge on any atom is 0.148 e. The van der Waals surface area contributed by atoms with E-state index < -0.39 is 11.6 Å². The number of halogens is 3. The van der Waals surface area contributed by atoms with Gasteiger partial charge >= 0.3 is 0 Å². The lowest BCUT2D eigenvalue weighted by atomic mass is 10.1. The molecule has 1 aromatic carbocycles. The van der Waals surface area contributed by atoms with E-state index in [1.54, 1.807) is 0 Å². The van der Waals surface area contributed by atoms with Gasteiger partial charge in [0.25, 0.3) is 0 Å². The Hall–Kier alpha value is -0.970. The predicted molar refractivity (Wildman–Crippen MR) is 51.5 cm³/mol. The molecule has 2 nitrogen and oxygen atoms in total. The number of anilines is 1. The fourth-order valence-corrected chi connectivity index (χ4v) is 1.42. The summed E-state index contributed by atoms with van der Waals surface area (Å²) in [7, 11) is 1.47. The first-order valence-electron chi connectivity index (χ1n) is 3.47. The first kappa shape index (κ1) is 10.1. The number of nitrogens with one attached hydrogen (secondary N) is 2. The van der Waals surface area contributed by atoms with E-state index in [1.165, 1.54) is 7.05 Å². The van der Waals surface area contributed by atoms with Crippen molar-refractivity contribution in [1.82, 2.24) is 0 Å². The Morgan fingerprint density at radius 1 is 1.54 bits per heavy atom. The van der Waals surface area contributed by atoms with Crippen LogP contribution in [0.5, 0.6) is 0 Å². The molecule has 0 saturated heterocycles. The summed E-state index contributed by atoms with van der Waals surface area (Å²) in [4.78, 5) is 0. The van der Waals surface area contributed by atoms with Crippen LogP contribution in [0, 0.1) is 17.0 Å². The zero-order chi connectivity index (χ0) is 10.0. The van der Waals surface area contributed by atoms with Crippen LogP contribution in [0.4, 0.5) is 14.5 Å². The van der Waals surface area contributed by atoms with Crippen LogP contribution in [0.1, 0.15) is 5.56 Å². The molecule has 0 radical (unpaired) electrons. The maximum absolute atomic E-state index is 13.2. The van der Waals surface area contributed by atoms with E-state index in [4.69, 9.17) is 5.41 Å². The Morgan fingerprint density at radius 2 is 2.15 bits per heavy atom. The Labute approximate surface area is 82.6 Å². The fraction of sp³-hybridized carbons (Fsp3) is 0.125. The van der Waals surface area contributed by atoms with Gasteiger partial charge in [0.1, 0.15) is 11.6 Å². The number of hydrogen-bond donors (Lipinski definition) is 2. The van der Waals surface area contributed by atoms with Gasteiger partial charge in [0.2, 0.25) is 0 Å². The molecular formula is C8H7BrF2N2. The van der Waals surface area contributed by atoms with Crippen LogP contribution in [0.15, 0.2) is 10.5 Å². The molecule has 70 valence electrons. The summed E-state index contributed by atoms with van der Waals surface area (Å²) in [6, 6.07) is 1.02. The lowest BCUT2D eigenvalue weighted by molar-refractivity contribution is 0.596. The monoisotopic (exact) mass is 248 g/mol. The van der Waals surface area contributed by atoms with Crippen LogP contribution in [0.2, 0.25) is 0 Å². The zero-order valence-corrected chi connectivity index (χ0v) is 8.37. The summed E-state index contributed by atoms with van der Waals surface area (Å²) >= 11 is 2.85. The van der Waals surface area contributed by atoms with Crippen LogP contribution < -0.4 is 5.32 Å². The minimum atomic E-state index is -0.638. The Kier molecular flexibility index (Phi) is 2.98. The third-order valence-electron chi connectivity index (χ3n) is 1.60. The largest absolute Gasteiger partial charge is 0.385 e. The van der Waals surface area contributed by atoms with Gasteiger partial charge in [0, 0.05) is 13.3 Å². The minimum absolute atomic E-state index is 0.00398. The molecule has 2 N–H and O–H groups in total. The topological polar surface area (TPSA) is 35.9 Å². The van der Waals surface area contributed by atoms with E-state index >= 15 is 0 Å². The summed E-state index contributed by atoms with van der Waals surface area (Å²) in [5.74, 6) is -1.23.